The lowest BCUT2D eigenvalue weighted by molar-refractivity contribution is -0.139. The molecule has 0 unspecified atom stereocenters. The molecule has 0 radical (unpaired) electrons. The van der Waals surface area contributed by atoms with Gasteiger partial charge in [0.15, 0.2) is 5.82 Å². The Labute approximate surface area is 184 Å². The molecule has 1 aromatic heterocycles. The maximum absolute atomic E-state index is 13.4. The molecule has 1 atom stereocenters. The van der Waals surface area contributed by atoms with Gasteiger partial charge in [-0.05, 0) is 51.0 Å². The van der Waals surface area contributed by atoms with Crippen LogP contribution in [-0.4, -0.2) is 62.1 Å². The molecule has 0 saturated heterocycles. The van der Waals surface area contributed by atoms with E-state index in [0.717, 1.165) is 29.7 Å². The number of hydrogen-bond acceptors (Lipinski definition) is 4. The lowest BCUT2D eigenvalue weighted by Crippen LogP contribution is -2.44. The van der Waals surface area contributed by atoms with Gasteiger partial charge in [0.25, 0.3) is 0 Å². The summed E-state index contributed by atoms with van der Waals surface area (Å²) in [4.78, 5) is 28.3. The SMILES string of the molecule is CC1(C)c2[nH]nc(NC(=O)C3(S(C)(C)C)CC3)c2CN1C(=O)[C@H](CO)c1ccccc1. The minimum Gasteiger partial charge on any atom is -0.395 e. The van der Waals surface area contributed by atoms with Gasteiger partial charge in [-0.15, -0.1) is 0 Å². The van der Waals surface area contributed by atoms with Crippen LogP contribution in [0.2, 0.25) is 0 Å². The van der Waals surface area contributed by atoms with E-state index in [1.54, 1.807) is 4.90 Å². The number of nitrogens with one attached hydrogen (secondary N) is 2. The summed E-state index contributed by atoms with van der Waals surface area (Å²) in [7, 11) is -1.04. The normalized spacial score (nSPS) is 20.1. The van der Waals surface area contributed by atoms with Crippen molar-refractivity contribution in [1.29, 1.82) is 0 Å². The van der Waals surface area contributed by atoms with Crippen molar-refractivity contribution in [2.24, 2.45) is 0 Å². The lowest BCUT2D eigenvalue weighted by Gasteiger charge is -2.35. The Morgan fingerprint density at radius 2 is 1.87 bits per heavy atom. The number of aliphatic hydroxyl groups is 1. The van der Waals surface area contributed by atoms with E-state index in [1.165, 1.54) is 0 Å². The van der Waals surface area contributed by atoms with E-state index in [2.05, 4.69) is 34.3 Å². The fourth-order valence-corrected chi connectivity index (χ4v) is 6.56. The average Bonchev–Trinajstić information content (AvgIpc) is 3.38. The number of aromatic amines is 1. The molecular weight excluding hydrogens is 412 g/mol. The molecule has 168 valence electrons. The topological polar surface area (TPSA) is 98.3 Å². The predicted octanol–water partition coefficient (Wildman–Crippen LogP) is 2.93. The van der Waals surface area contributed by atoms with Crippen molar-refractivity contribution in [3.05, 3.63) is 47.2 Å². The quantitative estimate of drug-likeness (QED) is 0.638. The van der Waals surface area contributed by atoms with Crippen LogP contribution in [0.5, 0.6) is 0 Å². The van der Waals surface area contributed by atoms with Crippen molar-refractivity contribution in [3.8, 4) is 0 Å². The fourth-order valence-electron chi connectivity index (χ4n) is 4.62. The predicted molar refractivity (Wildman–Crippen MR) is 124 cm³/mol. The molecule has 8 heteroatoms. The van der Waals surface area contributed by atoms with Crippen LogP contribution in [0.1, 0.15) is 49.4 Å². The first-order chi connectivity index (χ1) is 14.5. The molecule has 3 N–H and O–H groups in total. The summed E-state index contributed by atoms with van der Waals surface area (Å²) in [6.07, 6.45) is 8.36. The number of anilines is 1. The molecule has 1 fully saturated rings. The van der Waals surface area contributed by atoms with Crippen LogP contribution in [0, 0.1) is 0 Å². The zero-order chi connectivity index (χ0) is 22.6. The van der Waals surface area contributed by atoms with E-state index >= 15 is 0 Å². The summed E-state index contributed by atoms with van der Waals surface area (Å²) < 4.78 is -0.280. The molecule has 1 aliphatic carbocycles. The van der Waals surface area contributed by atoms with E-state index in [1.807, 2.05) is 44.2 Å². The van der Waals surface area contributed by atoms with E-state index in [-0.39, 0.29) is 23.2 Å². The first kappa shape index (κ1) is 21.9. The second-order valence-corrected chi connectivity index (χ2v) is 14.3. The number of aromatic nitrogens is 2. The van der Waals surface area contributed by atoms with Crippen LogP contribution in [-0.2, 0) is 21.7 Å². The molecule has 2 amide bonds. The highest BCUT2D eigenvalue weighted by molar-refractivity contribution is 8.34. The first-order valence-electron chi connectivity index (χ1n) is 10.6. The van der Waals surface area contributed by atoms with Crippen LogP contribution in [0.15, 0.2) is 30.3 Å². The van der Waals surface area contributed by atoms with Gasteiger partial charge in [0, 0.05) is 5.56 Å². The molecule has 1 aromatic carbocycles. The highest BCUT2D eigenvalue weighted by Gasteiger charge is 2.56. The number of carbonyl (C=O) groups excluding carboxylic acids is 2. The molecule has 1 aliphatic heterocycles. The fraction of sp³-hybridized carbons (Fsp3) is 0.522. The molecule has 4 rings (SSSR count). The zero-order valence-electron chi connectivity index (χ0n) is 18.9. The lowest BCUT2D eigenvalue weighted by atomic mass is 9.95. The van der Waals surface area contributed by atoms with Crippen LogP contribution >= 0.6 is 10.0 Å². The van der Waals surface area contributed by atoms with E-state index in [0.29, 0.717) is 12.4 Å². The van der Waals surface area contributed by atoms with Gasteiger partial charge in [0.2, 0.25) is 11.8 Å². The summed E-state index contributed by atoms with van der Waals surface area (Å²) in [5, 5.41) is 20.5. The first-order valence-corrected chi connectivity index (χ1v) is 13.4. The number of benzene rings is 1. The number of H-pyrrole nitrogens is 1. The van der Waals surface area contributed by atoms with Crippen LogP contribution in [0.3, 0.4) is 0 Å². The van der Waals surface area contributed by atoms with Crippen LogP contribution in [0.4, 0.5) is 5.82 Å². The minimum absolute atomic E-state index is 0.0319. The molecule has 7 nitrogen and oxygen atoms in total. The molecule has 0 bridgehead atoms. The summed E-state index contributed by atoms with van der Waals surface area (Å²) in [6.45, 7) is 4.00. The van der Waals surface area contributed by atoms with Gasteiger partial charge in [0.1, 0.15) is 0 Å². The van der Waals surface area contributed by atoms with Gasteiger partial charge in [-0.1, -0.05) is 30.3 Å². The Hall–Kier alpha value is -2.32. The molecule has 2 aliphatic rings. The monoisotopic (exact) mass is 444 g/mol. The second-order valence-electron chi connectivity index (χ2n) is 9.84. The second kappa shape index (κ2) is 7.38. The van der Waals surface area contributed by atoms with Gasteiger partial charge in [-0.25, -0.2) is 10.0 Å². The molecule has 2 heterocycles. The maximum atomic E-state index is 13.4. The van der Waals surface area contributed by atoms with Gasteiger partial charge in [-0.2, -0.15) is 5.10 Å². The van der Waals surface area contributed by atoms with Gasteiger partial charge in [0.05, 0.1) is 35.0 Å². The number of hydrogen-bond donors (Lipinski definition) is 3. The number of nitrogens with zero attached hydrogens (tertiary/aromatic N) is 2. The third kappa shape index (κ3) is 3.46. The minimum atomic E-state index is -1.04. The van der Waals surface area contributed by atoms with Crippen molar-refractivity contribution in [3.63, 3.8) is 0 Å². The Kier molecular flexibility index (Phi) is 5.21. The van der Waals surface area contributed by atoms with Gasteiger partial charge in [-0.3, -0.25) is 14.7 Å². The summed E-state index contributed by atoms with van der Waals surface area (Å²) in [5.41, 5.74) is 1.83. The van der Waals surface area contributed by atoms with Crippen molar-refractivity contribution in [2.75, 3.05) is 30.7 Å². The highest BCUT2D eigenvalue weighted by Crippen LogP contribution is 2.64. The van der Waals surface area contributed by atoms with Gasteiger partial charge < -0.3 is 15.3 Å². The zero-order valence-corrected chi connectivity index (χ0v) is 19.7. The molecule has 0 spiro atoms. The average molecular weight is 445 g/mol. The number of fused-ring (bicyclic) bond motifs is 1. The van der Waals surface area contributed by atoms with E-state index in [9.17, 15) is 14.7 Å². The number of rotatable bonds is 6. The highest BCUT2D eigenvalue weighted by atomic mass is 32.3. The smallest absolute Gasteiger partial charge is 0.240 e. The molecule has 1 saturated carbocycles. The number of aliphatic hydroxyl groups excluding tert-OH is 1. The Bertz CT molecular complexity index is 1010. The van der Waals surface area contributed by atoms with E-state index in [4.69, 9.17) is 0 Å². The van der Waals surface area contributed by atoms with Crippen molar-refractivity contribution < 1.29 is 14.7 Å². The molecule has 2 aromatic rings. The third-order valence-corrected chi connectivity index (χ3v) is 9.88. The summed E-state index contributed by atoms with van der Waals surface area (Å²) >= 11 is 0. The Morgan fingerprint density at radius 1 is 1.23 bits per heavy atom. The maximum Gasteiger partial charge on any atom is 0.240 e. The van der Waals surface area contributed by atoms with E-state index < -0.39 is 21.5 Å². The Morgan fingerprint density at radius 3 is 2.42 bits per heavy atom. The van der Waals surface area contributed by atoms with Gasteiger partial charge >= 0.3 is 0 Å². The van der Waals surface area contributed by atoms with Crippen LogP contribution in [0.25, 0.3) is 0 Å². The summed E-state index contributed by atoms with van der Waals surface area (Å²) in [5.74, 6) is -0.226. The standard InChI is InChI=1S/C23H32N4O3S/c1-22(2)18-16(13-27(22)20(29)17(14-28)15-9-7-6-8-10-15)19(26-25-18)24-21(30)23(11-12-23)31(3,4)5/h6-10,17,28H,11-14H2,1-5H3,(H2,24,25,26,30)/t17-/m1/s1. The third-order valence-electron chi connectivity index (χ3n) is 6.94. The largest absolute Gasteiger partial charge is 0.395 e. The Balaban J connectivity index is 1.58. The summed E-state index contributed by atoms with van der Waals surface area (Å²) in [6, 6.07) is 9.34. The molecular formula is C23H32N4O3S. The van der Waals surface area contributed by atoms with Crippen molar-refractivity contribution in [2.45, 2.75) is 49.4 Å². The molecule has 31 heavy (non-hydrogen) atoms. The van der Waals surface area contributed by atoms with Crippen LogP contribution < -0.4 is 5.32 Å². The van der Waals surface area contributed by atoms with Crippen molar-refractivity contribution >= 4 is 27.7 Å². The number of carbonyl (C=O) groups is 2. The number of amides is 2. The van der Waals surface area contributed by atoms with Crippen molar-refractivity contribution in [1.82, 2.24) is 15.1 Å².